The molecule has 0 radical (unpaired) electrons. The fourth-order valence-corrected chi connectivity index (χ4v) is 3.06. The van der Waals surface area contributed by atoms with Crippen LogP contribution in [0.25, 0.3) is 0 Å². The molecule has 2 aromatic carbocycles. The van der Waals surface area contributed by atoms with Gasteiger partial charge in [-0.25, -0.2) is 22.0 Å². The first-order valence-electron chi connectivity index (χ1n) is 8.53. The van der Waals surface area contributed by atoms with Crippen LogP contribution in [-0.2, 0) is 16.1 Å². The van der Waals surface area contributed by atoms with E-state index in [1.807, 2.05) is 0 Å². The number of nitrogens with zero attached hydrogens (tertiary/aromatic N) is 1. The largest absolute Gasteiger partial charge is 0.374 e. The van der Waals surface area contributed by atoms with Crippen molar-refractivity contribution < 1.29 is 36.2 Å². The molecule has 1 heterocycles. The zero-order chi connectivity index (χ0) is 21.1. The number of halogens is 6. The molecular weight excluding hydrogens is 421 g/mol. The van der Waals surface area contributed by atoms with Crippen molar-refractivity contribution in [3.8, 4) is 0 Å². The smallest absolute Gasteiger partial charge is 0.257 e. The van der Waals surface area contributed by atoms with Crippen molar-refractivity contribution in [3.05, 3.63) is 69.5 Å². The molecule has 1 atom stereocenters. The van der Waals surface area contributed by atoms with Gasteiger partial charge in [0.2, 0.25) is 0 Å². The normalized spacial score (nSPS) is 16.9. The minimum absolute atomic E-state index is 0.0317. The number of rotatable bonds is 5. The molecule has 1 saturated heterocycles. The van der Waals surface area contributed by atoms with Gasteiger partial charge >= 0.3 is 0 Å². The number of hydrogen-bond acceptors (Lipinski definition) is 3. The maximum absolute atomic E-state index is 13.9. The van der Waals surface area contributed by atoms with Crippen molar-refractivity contribution >= 4 is 17.5 Å². The quantitative estimate of drug-likeness (QED) is 0.403. The summed E-state index contributed by atoms with van der Waals surface area (Å²) in [5, 5.41) is 0.196. The van der Waals surface area contributed by atoms with E-state index in [9.17, 15) is 26.7 Å². The first-order chi connectivity index (χ1) is 13.8. The third kappa shape index (κ3) is 4.85. The molecule has 2 aromatic rings. The lowest BCUT2D eigenvalue weighted by molar-refractivity contribution is -0.0648. The van der Waals surface area contributed by atoms with Crippen LogP contribution in [0.5, 0.6) is 0 Å². The van der Waals surface area contributed by atoms with Crippen molar-refractivity contribution in [2.24, 2.45) is 0 Å². The molecule has 1 amide bonds. The third-order valence-corrected chi connectivity index (χ3v) is 4.69. The molecular formula is C19H15ClF5NO3. The van der Waals surface area contributed by atoms with Crippen LogP contribution < -0.4 is 0 Å². The van der Waals surface area contributed by atoms with Crippen LogP contribution in [-0.4, -0.2) is 43.2 Å². The molecule has 0 aliphatic carbocycles. The summed E-state index contributed by atoms with van der Waals surface area (Å²) in [5.41, 5.74) is -0.350. The first kappa shape index (κ1) is 21.5. The summed E-state index contributed by atoms with van der Waals surface area (Å²) < 4.78 is 77.7. The van der Waals surface area contributed by atoms with Gasteiger partial charge in [0.15, 0.2) is 23.3 Å². The highest BCUT2D eigenvalue weighted by Gasteiger charge is 2.30. The molecule has 0 N–H and O–H groups in total. The zero-order valence-corrected chi connectivity index (χ0v) is 15.6. The first-order valence-corrected chi connectivity index (χ1v) is 8.91. The zero-order valence-electron chi connectivity index (χ0n) is 14.9. The second kappa shape index (κ2) is 9.06. The Bertz CT molecular complexity index is 927. The molecule has 1 fully saturated rings. The van der Waals surface area contributed by atoms with Gasteiger partial charge in [-0.2, -0.15) is 0 Å². The molecule has 1 aliphatic rings. The van der Waals surface area contributed by atoms with E-state index in [1.54, 1.807) is 0 Å². The summed E-state index contributed by atoms with van der Waals surface area (Å²) in [6, 6.07) is 4.17. The highest BCUT2D eigenvalue weighted by atomic mass is 35.5. The fourth-order valence-electron chi connectivity index (χ4n) is 2.84. The van der Waals surface area contributed by atoms with Crippen LogP contribution >= 0.6 is 11.6 Å². The molecule has 3 rings (SSSR count). The summed E-state index contributed by atoms with van der Waals surface area (Å²) in [7, 11) is 0. The lowest BCUT2D eigenvalue weighted by Gasteiger charge is -2.33. The van der Waals surface area contributed by atoms with E-state index in [0.717, 1.165) is 11.0 Å². The Hall–Kier alpha value is -2.23. The highest BCUT2D eigenvalue weighted by Crippen LogP contribution is 2.22. The topological polar surface area (TPSA) is 38.8 Å². The van der Waals surface area contributed by atoms with E-state index in [-0.39, 0.29) is 37.9 Å². The number of hydrogen-bond donors (Lipinski definition) is 0. The SMILES string of the molecule is O=C(c1cc(F)c(F)c(F)c1F)N1CCO[C@H](COCc2ccc(F)cc2Cl)C1. The number of carbonyl (C=O) groups excluding carboxylic acids is 1. The minimum Gasteiger partial charge on any atom is -0.374 e. The molecule has 1 aliphatic heterocycles. The van der Waals surface area contributed by atoms with Crippen LogP contribution in [0, 0.1) is 29.1 Å². The average molecular weight is 436 g/mol. The van der Waals surface area contributed by atoms with E-state index in [0.29, 0.717) is 11.6 Å². The Balaban J connectivity index is 1.61. The molecule has 4 nitrogen and oxygen atoms in total. The van der Waals surface area contributed by atoms with Gasteiger partial charge in [-0.05, 0) is 23.8 Å². The second-order valence-corrected chi connectivity index (χ2v) is 6.75. The van der Waals surface area contributed by atoms with E-state index in [2.05, 4.69) is 0 Å². The molecule has 29 heavy (non-hydrogen) atoms. The predicted octanol–water partition coefficient (Wildman–Crippen LogP) is 4.09. The monoisotopic (exact) mass is 435 g/mol. The van der Waals surface area contributed by atoms with Crippen LogP contribution in [0.4, 0.5) is 22.0 Å². The van der Waals surface area contributed by atoms with E-state index < -0.39 is 46.7 Å². The summed E-state index contributed by atoms with van der Waals surface area (Å²) in [4.78, 5) is 13.6. The summed E-state index contributed by atoms with van der Waals surface area (Å²) >= 11 is 5.91. The van der Waals surface area contributed by atoms with E-state index >= 15 is 0 Å². The highest BCUT2D eigenvalue weighted by molar-refractivity contribution is 6.31. The van der Waals surface area contributed by atoms with Gasteiger partial charge < -0.3 is 14.4 Å². The molecule has 0 spiro atoms. The van der Waals surface area contributed by atoms with Crippen LogP contribution in [0.15, 0.2) is 24.3 Å². The Morgan fingerprint density at radius 2 is 1.90 bits per heavy atom. The van der Waals surface area contributed by atoms with Gasteiger partial charge in [-0.1, -0.05) is 17.7 Å². The van der Waals surface area contributed by atoms with Crippen molar-refractivity contribution in [2.75, 3.05) is 26.3 Å². The molecule has 0 unspecified atom stereocenters. The third-order valence-electron chi connectivity index (χ3n) is 4.34. The molecule has 0 saturated carbocycles. The summed E-state index contributed by atoms with van der Waals surface area (Å²) in [6.07, 6.45) is -0.592. The van der Waals surface area contributed by atoms with Gasteiger partial charge in [0.25, 0.3) is 5.91 Å². The molecule has 0 bridgehead atoms. The Labute approximate surface area is 167 Å². The maximum Gasteiger partial charge on any atom is 0.257 e. The van der Waals surface area contributed by atoms with Crippen molar-refractivity contribution in [3.63, 3.8) is 0 Å². The number of morpholine rings is 1. The van der Waals surface area contributed by atoms with Gasteiger partial charge in [-0.15, -0.1) is 0 Å². The standard InChI is InChI=1S/C19H15ClF5NO3/c20-14-5-11(21)2-1-10(14)8-28-9-12-7-26(3-4-29-12)19(27)13-6-15(22)17(24)18(25)16(13)23/h1-2,5-6,12H,3-4,7-9H2/t12-/m0/s1. The lowest BCUT2D eigenvalue weighted by atomic mass is 10.1. The van der Waals surface area contributed by atoms with Crippen molar-refractivity contribution in [1.82, 2.24) is 4.90 Å². The maximum atomic E-state index is 13.9. The average Bonchev–Trinajstić information content (AvgIpc) is 2.70. The Kier molecular flexibility index (Phi) is 6.71. The Morgan fingerprint density at radius 1 is 1.14 bits per heavy atom. The second-order valence-electron chi connectivity index (χ2n) is 6.34. The molecule has 0 aromatic heterocycles. The minimum atomic E-state index is -2.04. The summed E-state index contributed by atoms with van der Waals surface area (Å²) in [6.45, 7) is 0.210. The number of carbonyl (C=O) groups is 1. The molecule has 10 heteroatoms. The number of amides is 1. The number of ether oxygens (including phenoxy) is 2. The fraction of sp³-hybridized carbons (Fsp3) is 0.316. The summed E-state index contributed by atoms with van der Waals surface area (Å²) in [5.74, 6) is -8.90. The van der Waals surface area contributed by atoms with E-state index in [4.69, 9.17) is 21.1 Å². The lowest BCUT2D eigenvalue weighted by Crippen LogP contribution is -2.47. The van der Waals surface area contributed by atoms with Crippen LogP contribution in [0.2, 0.25) is 5.02 Å². The van der Waals surface area contributed by atoms with Gasteiger partial charge in [-0.3, -0.25) is 4.79 Å². The van der Waals surface area contributed by atoms with Gasteiger partial charge in [0.05, 0.1) is 31.5 Å². The van der Waals surface area contributed by atoms with Crippen molar-refractivity contribution in [2.45, 2.75) is 12.7 Å². The molecule has 156 valence electrons. The predicted molar refractivity (Wildman–Crippen MR) is 93.0 cm³/mol. The van der Waals surface area contributed by atoms with Gasteiger partial charge in [0, 0.05) is 18.1 Å². The van der Waals surface area contributed by atoms with Crippen molar-refractivity contribution in [1.29, 1.82) is 0 Å². The van der Waals surface area contributed by atoms with Crippen LogP contribution in [0.1, 0.15) is 15.9 Å². The van der Waals surface area contributed by atoms with Crippen LogP contribution in [0.3, 0.4) is 0 Å². The van der Waals surface area contributed by atoms with Gasteiger partial charge in [0.1, 0.15) is 5.82 Å². The van der Waals surface area contributed by atoms with E-state index in [1.165, 1.54) is 12.1 Å². The number of benzene rings is 2. The Morgan fingerprint density at radius 3 is 2.62 bits per heavy atom.